The summed E-state index contributed by atoms with van der Waals surface area (Å²) in [6, 6.07) is 5.97. The minimum atomic E-state index is -0.309. The molecule has 9 heteroatoms. The second-order valence-corrected chi connectivity index (χ2v) is 5.83. The number of nitrogens with one attached hydrogen (secondary N) is 2. The van der Waals surface area contributed by atoms with Gasteiger partial charge in [-0.3, -0.25) is 9.89 Å². The molecule has 3 aromatic rings. The van der Waals surface area contributed by atoms with Crippen molar-refractivity contribution in [2.45, 2.75) is 20.8 Å². The number of benzene rings is 1. The van der Waals surface area contributed by atoms with Crippen molar-refractivity contribution in [1.29, 1.82) is 0 Å². The van der Waals surface area contributed by atoms with E-state index in [1.54, 1.807) is 6.08 Å². The summed E-state index contributed by atoms with van der Waals surface area (Å²) in [4.78, 5) is 15.0. The average molecular weight is 369 g/mol. The molecule has 27 heavy (non-hydrogen) atoms. The topological polar surface area (TPSA) is 105 Å². The first kappa shape index (κ1) is 18.4. The van der Waals surface area contributed by atoms with E-state index >= 15 is 0 Å². The SMILES string of the molecule is C=c1[nH]n(-c2nn[nH]n2)c(=O)/c1=C\c1ccc(N(CC)CC)cc1OCC. The van der Waals surface area contributed by atoms with Gasteiger partial charge in [0.25, 0.3) is 11.5 Å². The molecule has 0 unspecified atom stereocenters. The minimum absolute atomic E-state index is 0.131. The lowest BCUT2D eigenvalue weighted by Crippen LogP contribution is -2.34. The van der Waals surface area contributed by atoms with Crippen LogP contribution in [0.1, 0.15) is 26.3 Å². The van der Waals surface area contributed by atoms with E-state index in [1.807, 2.05) is 25.1 Å². The van der Waals surface area contributed by atoms with Gasteiger partial charge in [0.05, 0.1) is 17.2 Å². The number of nitrogens with zero attached hydrogens (tertiary/aromatic N) is 5. The smallest absolute Gasteiger partial charge is 0.291 e. The molecular weight excluding hydrogens is 346 g/mol. The lowest BCUT2D eigenvalue weighted by molar-refractivity contribution is 0.339. The Labute approximate surface area is 156 Å². The van der Waals surface area contributed by atoms with Crippen molar-refractivity contribution in [2.24, 2.45) is 0 Å². The Hall–Kier alpha value is -3.36. The van der Waals surface area contributed by atoms with Crippen molar-refractivity contribution in [3.63, 3.8) is 0 Å². The molecule has 0 saturated carbocycles. The summed E-state index contributed by atoms with van der Waals surface area (Å²) in [7, 11) is 0. The van der Waals surface area contributed by atoms with E-state index in [2.05, 4.69) is 51.0 Å². The van der Waals surface area contributed by atoms with E-state index in [1.165, 1.54) is 4.68 Å². The fourth-order valence-electron chi connectivity index (χ4n) is 2.90. The summed E-state index contributed by atoms with van der Waals surface area (Å²) in [5.41, 5.74) is 1.57. The van der Waals surface area contributed by atoms with Crippen molar-refractivity contribution in [2.75, 3.05) is 24.6 Å². The van der Waals surface area contributed by atoms with Crippen LogP contribution in [-0.2, 0) is 0 Å². The van der Waals surface area contributed by atoms with Crippen LogP contribution in [0.3, 0.4) is 0 Å². The third-order valence-electron chi connectivity index (χ3n) is 4.26. The van der Waals surface area contributed by atoms with Gasteiger partial charge >= 0.3 is 0 Å². The number of aromatic amines is 2. The fraction of sp³-hybridized carbons (Fsp3) is 0.333. The standard InChI is InChI=1S/C18H23N7O2/c1-5-24(6-2)14-9-8-13(16(11-14)27-7-3)10-15-12(4)21-25(17(15)26)18-19-22-23-20-18/h8-11,21H,4-7H2,1-3H3,(H,19,20,22,23)/b15-10-. The Kier molecular flexibility index (Phi) is 5.39. The van der Waals surface area contributed by atoms with Crippen LogP contribution in [0, 0.1) is 0 Å². The highest BCUT2D eigenvalue weighted by Crippen LogP contribution is 2.26. The van der Waals surface area contributed by atoms with Crippen molar-refractivity contribution in [3.05, 3.63) is 44.7 Å². The molecule has 3 rings (SSSR count). The quantitative estimate of drug-likeness (QED) is 0.615. The summed E-state index contributed by atoms with van der Waals surface area (Å²) < 4.78 is 7.01. The van der Waals surface area contributed by atoms with Crippen molar-refractivity contribution >= 4 is 18.3 Å². The van der Waals surface area contributed by atoms with Crippen LogP contribution in [0.25, 0.3) is 18.6 Å². The Morgan fingerprint density at radius 3 is 2.70 bits per heavy atom. The molecule has 0 atom stereocenters. The number of aromatic nitrogens is 6. The monoisotopic (exact) mass is 369 g/mol. The number of hydrogen-bond acceptors (Lipinski definition) is 6. The zero-order valence-electron chi connectivity index (χ0n) is 15.7. The lowest BCUT2D eigenvalue weighted by atomic mass is 10.1. The molecule has 1 aromatic carbocycles. The fourth-order valence-corrected chi connectivity index (χ4v) is 2.90. The zero-order chi connectivity index (χ0) is 19.4. The van der Waals surface area contributed by atoms with E-state index in [-0.39, 0.29) is 11.5 Å². The number of rotatable bonds is 7. The predicted molar refractivity (Wildman–Crippen MR) is 104 cm³/mol. The maximum atomic E-state index is 12.7. The molecule has 0 aliphatic rings. The number of tetrazole rings is 1. The first-order chi connectivity index (χ1) is 13.1. The second-order valence-electron chi connectivity index (χ2n) is 5.83. The first-order valence-corrected chi connectivity index (χ1v) is 8.86. The van der Waals surface area contributed by atoms with Crippen molar-refractivity contribution < 1.29 is 4.74 Å². The molecular formula is C18H23N7O2. The summed E-state index contributed by atoms with van der Waals surface area (Å²) in [6.07, 6.45) is 1.76. The Balaban J connectivity index is 2.12. The largest absolute Gasteiger partial charge is 0.493 e. The molecule has 2 N–H and O–H groups in total. The summed E-state index contributed by atoms with van der Waals surface area (Å²) in [6.45, 7) is 12.4. The maximum absolute atomic E-state index is 12.7. The summed E-state index contributed by atoms with van der Waals surface area (Å²) in [5, 5.41) is 17.2. The third-order valence-corrected chi connectivity index (χ3v) is 4.26. The van der Waals surface area contributed by atoms with Gasteiger partial charge in [-0.05, 0) is 44.2 Å². The normalized spacial score (nSPS) is 11.7. The van der Waals surface area contributed by atoms with E-state index in [0.717, 1.165) is 24.3 Å². The van der Waals surface area contributed by atoms with Gasteiger partial charge in [-0.1, -0.05) is 11.7 Å². The first-order valence-electron chi connectivity index (χ1n) is 8.86. The van der Waals surface area contributed by atoms with Crippen molar-refractivity contribution in [3.8, 4) is 11.7 Å². The van der Waals surface area contributed by atoms with E-state index in [4.69, 9.17) is 4.74 Å². The molecule has 142 valence electrons. The molecule has 0 aliphatic carbocycles. The molecule has 2 aromatic heterocycles. The van der Waals surface area contributed by atoms with Gasteiger partial charge in [0, 0.05) is 30.4 Å². The lowest BCUT2D eigenvalue weighted by Gasteiger charge is -2.22. The average Bonchev–Trinajstić information content (AvgIpc) is 3.28. The summed E-state index contributed by atoms with van der Waals surface area (Å²) in [5.74, 6) is 0.847. The van der Waals surface area contributed by atoms with E-state index < -0.39 is 0 Å². The summed E-state index contributed by atoms with van der Waals surface area (Å²) >= 11 is 0. The molecule has 0 spiro atoms. The number of ether oxygens (including phenoxy) is 1. The van der Waals surface area contributed by atoms with Crippen LogP contribution in [0.5, 0.6) is 5.75 Å². The van der Waals surface area contributed by atoms with Gasteiger partial charge in [-0.2, -0.15) is 9.90 Å². The third kappa shape index (κ3) is 3.62. The highest BCUT2D eigenvalue weighted by molar-refractivity contribution is 5.63. The van der Waals surface area contributed by atoms with Crippen LogP contribution in [0.4, 0.5) is 5.69 Å². The van der Waals surface area contributed by atoms with Crippen LogP contribution in [0.15, 0.2) is 23.0 Å². The molecule has 9 nitrogen and oxygen atoms in total. The minimum Gasteiger partial charge on any atom is -0.493 e. The Morgan fingerprint density at radius 1 is 1.30 bits per heavy atom. The number of anilines is 1. The molecule has 0 saturated heterocycles. The molecule has 2 heterocycles. The Morgan fingerprint density at radius 2 is 2.07 bits per heavy atom. The molecule has 0 radical (unpaired) electrons. The molecule has 0 amide bonds. The molecule has 0 bridgehead atoms. The van der Waals surface area contributed by atoms with Gasteiger partial charge in [0.1, 0.15) is 5.75 Å². The van der Waals surface area contributed by atoms with Gasteiger partial charge in [-0.25, -0.2) is 0 Å². The molecule has 0 fully saturated rings. The van der Waals surface area contributed by atoms with Gasteiger partial charge in [0.15, 0.2) is 0 Å². The van der Waals surface area contributed by atoms with Crippen LogP contribution >= 0.6 is 0 Å². The van der Waals surface area contributed by atoms with Crippen molar-refractivity contribution in [1.82, 2.24) is 30.4 Å². The zero-order valence-corrected chi connectivity index (χ0v) is 15.7. The van der Waals surface area contributed by atoms with Crippen LogP contribution in [0.2, 0.25) is 0 Å². The molecule has 0 aliphatic heterocycles. The Bertz CT molecular complexity index is 1060. The van der Waals surface area contributed by atoms with E-state index in [9.17, 15) is 4.79 Å². The predicted octanol–water partition coefficient (Wildman–Crippen LogP) is 0.163. The highest BCUT2D eigenvalue weighted by atomic mass is 16.5. The number of H-pyrrole nitrogens is 2. The second kappa shape index (κ2) is 7.90. The van der Waals surface area contributed by atoms with Crippen LogP contribution in [-0.4, -0.2) is 50.1 Å². The number of hydrogen-bond donors (Lipinski definition) is 2. The van der Waals surface area contributed by atoms with Gasteiger partial charge in [0.2, 0.25) is 0 Å². The van der Waals surface area contributed by atoms with Gasteiger partial charge in [-0.15, -0.1) is 5.10 Å². The van der Waals surface area contributed by atoms with Crippen LogP contribution < -0.4 is 25.8 Å². The highest BCUT2D eigenvalue weighted by Gasteiger charge is 2.11. The van der Waals surface area contributed by atoms with E-state index in [0.29, 0.717) is 22.9 Å². The van der Waals surface area contributed by atoms with Gasteiger partial charge < -0.3 is 9.64 Å². The maximum Gasteiger partial charge on any atom is 0.291 e.